The van der Waals surface area contributed by atoms with E-state index < -0.39 is 0 Å². The van der Waals surface area contributed by atoms with Crippen molar-refractivity contribution in [2.24, 2.45) is 5.92 Å². The third kappa shape index (κ3) is 3.15. The molecule has 3 atom stereocenters. The monoisotopic (exact) mass is 274 g/mol. The van der Waals surface area contributed by atoms with Crippen molar-refractivity contribution in [2.45, 2.75) is 50.7 Å². The molecular formula is C17H26N2O. The first-order valence-electron chi connectivity index (χ1n) is 7.96. The Balaban J connectivity index is 1.53. The SMILES string of the molecule is COc1ccc(CNC2CCCC2C2CCCN2)cc1. The van der Waals surface area contributed by atoms with Crippen molar-refractivity contribution in [1.82, 2.24) is 10.6 Å². The number of rotatable bonds is 5. The standard InChI is InChI=1S/C17H26N2O/c1-20-14-9-7-13(8-10-14)12-19-17-5-2-4-15(17)16-6-3-11-18-16/h7-10,15-19H,2-6,11-12H2,1H3. The Morgan fingerprint density at radius 2 is 2.00 bits per heavy atom. The van der Waals surface area contributed by atoms with Gasteiger partial charge in [0.25, 0.3) is 0 Å². The van der Waals surface area contributed by atoms with E-state index in [0.717, 1.165) is 24.3 Å². The van der Waals surface area contributed by atoms with E-state index in [0.29, 0.717) is 6.04 Å². The van der Waals surface area contributed by atoms with Gasteiger partial charge in [0.05, 0.1) is 7.11 Å². The lowest BCUT2D eigenvalue weighted by molar-refractivity contribution is 0.320. The van der Waals surface area contributed by atoms with E-state index >= 15 is 0 Å². The van der Waals surface area contributed by atoms with E-state index in [1.54, 1.807) is 7.11 Å². The van der Waals surface area contributed by atoms with Gasteiger partial charge in [0.15, 0.2) is 0 Å². The smallest absolute Gasteiger partial charge is 0.118 e. The molecule has 1 saturated carbocycles. The average Bonchev–Trinajstić information content (AvgIpc) is 3.16. The van der Waals surface area contributed by atoms with E-state index in [9.17, 15) is 0 Å². The molecule has 3 unspecified atom stereocenters. The zero-order chi connectivity index (χ0) is 13.8. The van der Waals surface area contributed by atoms with Crippen LogP contribution in [-0.2, 0) is 6.54 Å². The van der Waals surface area contributed by atoms with Crippen molar-refractivity contribution in [3.63, 3.8) is 0 Å². The minimum absolute atomic E-state index is 0.688. The predicted molar refractivity (Wildman–Crippen MR) is 82.0 cm³/mol. The molecule has 3 nitrogen and oxygen atoms in total. The second kappa shape index (κ2) is 6.59. The van der Waals surface area contributed by atoms with Crippen molar-refractivity contribution in [3.8, 4) is 5.75 Å². The topological polar surface area (TPSA) is 33.3 Å². The van der Waals surface area contributed by atoms with Gasteiger partial charge >= 0.3 is 0 Å². The molecule has 110 valence electrons. The number of hydrogen-bond donors (Lipinski definition) is 2. The Morgan fingerprint density at radius 1 is 1.15 bits per heavy atom. The van der Waals surface area contributed by atoms with Gasteiger partial charge in [0, 0.05) is 18.6 Å². The van der Waals surface area contributed by atoms with Crippen molar-refractivity contribution in [2.75, 3.05) is 13.7 Å². The summed E-state index contributed by atoms with van der Waals surface area (Å²) in [6.45, 7) is 2.18. The molecule has 1 aliphatic carbocycles. The Morgan fingerprint density at radius 3 is 2.70 bits per heavy atom. The van der Waals surface area contributed by atoms with Crippen molar-refractivity contribution >= 4 is 0 Å². The van der Waals surface area contributed by atoms with Gasteiger partial charge in [-0.25, -0.2) is 0 Å². The molecule has 3 rings (SSSR count). The van der Waals surface area contributed by atoms with Gasteiger partial charge in [-0.2, -0.15) is 0 Å². The lowest BCUT2D eigenvalue weighted by Crippen LogP contribution is -2.41. The number of benzene rings is 1. The first-order chi connectivity index (χ1) is 9.86. The quantitative estimate of drug-likeness (QED) is 0.866. The summed E-state index contributed by atoms with van der Waals surface area (Å²) in [5.74, 6) is 1.76. The Kier molecular flexibility index (Phi) is 4.58. The minimum atomic E-state index is 0.688. The van der Waals surface area contributed by atoms with Crippen molar-refractivity contribution in [3.05, 3.63) is 29.8 Å². The maximum Gasteiger partial charge on any atom is 0.118 e. The van der Waals surface area contributed by atoms with Crippen LogP contribution in [-0.4, -0.2) is 25.7 Å². The summed E-state index contributed by atoms with van der Waals surface area (Å²) >= 11 is 0. The summed E-state index contributed by atoms with van der Waals surface area (Å²) in [6.07, 6.45) is 6.82. The summed E-state index contributed by atoms with van der Waals surface area (Å²) in [4.78, 5) is 0. The Bertz CT molecular complexity index is 412. The molecule has 2 fully saturated rings. The van der Waals surface area contributed by atoms with E-state index in [2.05, 4.69) is 22.8 Å². The largest absolute Gasteiger partial charge is 0.497 e. The second-order valence-corrected chi connectivity index (χ2v) is 6.13. The number of nitrogens with one attached hydrogen (secondary N) is 2. The zero-order valence-corrected chi connectivity index (χ0v) is 12.4. The highest BCUT2D eigenvalue weighted by Gasteiger charge is 2.34. The molecule has 0 spiro atoms. The number of ether oxygens (including phenoxy) is 1. The average molecular weight is 274 g/mol. The fourth-order valence-electron chi connectivity index (χ4n) is 3.79. The van der Waals surface area contributed by atoms with E-state index in [-0.39, 0.29) is 0 Å². The molecule has 0 aromatic heterocycles. The Hall–Kier alpha value is -1.06. The first kappa shape index (κ1) is 13.9. The van der Waals surface area contributed by atoms with Crippen LogP contribution in [0.25, 0.3) is 0 Å². The molecular weight excluding hydrogens is 248 g/mol. The van der Waals surface area contributed by atoms with Crippen LogP contribution >= 0.6 is 0 Å². The summed E-state index contributed by atoms with van der Waals surface area (Å²) in [5.41, 5.74) is 1.34. The van der Waals surface area contributed by atoms with Crippen molar-refractivity contribution in [1.29, 1.82) is 0 Å². The molecule has 0 radical (unpaired) electrons. The van der Waals surface area contributed by atoms with Crippen LogP contribution in [0.4, 0.5) is 0 Å². The zero-order valence-electron chi connectivity index (χ0n) is 12.4. The predicted octanol–water partition coefficient (Wildman–Crippen LogP) is 2.71. The second-order valence-electron chi connectivity index (χ2n) is 6.13. The van der Waals surface area contributed by atoms with Crippen molar-refractivity contribution < 1.29 is 4.74 Å². The third-order valence-corrected chi connectivity index (χ3v) is 4.91. The van der Waals surface area contributed by atoms with Crippen LogP contribution in [0.15, 0.2) is 24.3 Å². The molecule has 1 heterocycles. The van der Waals surface area contributed by atoms with Gasteiger partial charge < -0.3 is 15.4 Å². The van der Waals surface area contributed by atoms with Gasteiger partial charge in [0.2, 0.25) is 0 Å². The summed E-state index contributed by atoms with van der Waals surface area (Å²) in [6, 6.07) is 9.84. The highest BCUT2D eigenvalue weighted by Crippen LogP contribution is 2.32. The Labute approximate surface area is 122 Å². The van der Waals surface area contributed by atoms with Gasteiger partial charge in [-0.15, -0.1) is 0 Å². The van der Waals surface area contributed by atoms with Crippen LogP contribution in [0.2, 0.25) is 0 Å². The molecule has 2 aliphatic rings. The van der Waals surface area contributed by atoms with Gasteiger partial charge in [0.1, 0.15) is 5.75 Å². The van der Waals surface area contributed by atoms with Gasteiger partial charge in [-0.3, -0.25) is 0 Å². The lowest BCUT2D eigenvalue weighted by Gasteiger charge is -2.26. The van der Waals surface area contributed by atoms with Crippen LogP contribution < -0.4 is 15.4 Å². The number of hydrogen-bond acceptors (Lipinski definition) is 3. The van der Waals surface area contributed by atoms with Crippen LogP contribution in [0.1, 0.15) is 37.7 Å². The van der Waals surface area contributed by atoms with Crippen LogP contribution in [0.3, 0.4) is 0 Å². The van der Waals surface area contributed by atoms with Gasteiger partial charge in [-0.05, 0) is 55.8 Å². The highest BCUT2D eigenvalue weighted by atomic mass is 16.5. The van der Waals surface area contributed by atoms with Crippen LogP contribution in [0.5, 0.6) is 5.75 Å². The molecule has 0 amide bonds. The molecule has 1 aromatic rings. The van der Waals surface area contributed by atoms with E-state index in [4.69, 9.17) is 4.74 Å². The highest BCUT2D eigenvalue weighted by molar-refractivity contribution is 5.27. The summed E-state index contributed by atoms with van der Waals surface area (Å²) < 4.78 is 5.20. The van der Waals surface area contributed by atoms with Crippen LogP contribution in [0, 0.1) is 5.92 Å². The van der Waals surface area contributed by atoms with Gasteiger partial charge in [-0.1, -0.05) is 18.6 Å². The summed E-state index contributed by atoms with van der Waals surface area (Å²) in [7, 11) is 1.71. The molecule has 0 bridgehead atoms. The molecule has 20 heavy (non-hydrogen) atoms. The third-order valence-electron chi connectivity index (χ3n) is 4.91. The fraction of sp³-hybridized carbons (Fsp3) is 0.647. The normalized spacial score (nSPS) is 29.8. The van der Waals surface area contributed by atoms with E-state index in [1.165, 1.54) is 44.2 Å². The summed E-state index contributed by atoms with van der Waals surface area (Å²) in [5, 5.41) is 7.47. The molecule has 3 heteroatoms. The lowest BCUT2D eigenvalue weighted by atomic mass is 9.93. The maximum absolute atomic E-state index is 5.20. The first-order valence-corrected chi connectivity index (χ1v) is 7.96. The molecule has 2 N–H and O–H groups in total. The molecule has 1 aromatic carbocycles. The fourth-order valence-corrected chi connectivity index (χ4v) is 3.79. The number of methoxy groups -OCH3 is 1. The minimum Gasteiger partial charge on any atom is -0.497 e. The maximum atomic E-state index is 5.20. The van der Waals surface area contributed by atoms with E-state index in [1.807, 2.05) is 12.1 Å². The molecule has 1 aliphatic heterocycles. The molecule has 1 saturated heterocycles.